The number of urea groups is 1. The summed E-state index contributed by atoms with van der Waals surface area (Å²) in [6, 6.07) is 16.9. The van der Waals surface area contributed by atoms with Gasteiger partial charge in [-0.1, -0.05) is 49.0 Å². The molecular formula is C37H39F3N4O3S. The maximum absolute atomic E-state index is 13.0. The van der Waals surface area contributed by atoms with Gasteiger partial charge in [-0.15, -0.1) is 13.2 Å². The lowest BCUT2D eigenvalue weighted by Gasteiger charge is -2.11. The molecule has 1 aliphatic heterocycles. The number of hydrogen-bond acceptors (Lipinski definition) is 5. The zero-order valence-electron chi connectivity index (χ0n) is 26.7. The van der Waals surface area contributed by atoms with Crippen molar-refractivity contribution in [3.05, 3.63) is 100 Å². The van der Waals surface area contributed by atoms with Gasteiger partial charge in [-0.3, -0.25) is 10.2 Å². The number of carbonyl (C=O) groups is 2. The van der Waals surface area contributed by atoms with E-state index in [9.17, 15) is 22.8 Å². The third-order valence-electron chi connectivity index (χ3n) is 8.20. The average Bonchev–Trinajstić information content (AvgIpc) is 3.46. The highest BCUT2D eigenvalue weighted by atomic mass is 32.2. The Balaban J connectivity index is 0.00000541. The van der Waals surface area contributed by atoms with Crippen LogP contribution in [0.3, 0.4) is 0 Å². The molecular weight excluding hydrogens is 637 g/mol. The molecule has 2 amide bonds. The van der Waals surface area contributed by atoms with Crippen LogP contribution in [0, 0.1) is 5.41 Å². The van der Waals surface area contributed by atoms with Gasteiger partial charge in [0.2, 0.25) is 0 Å². The summed E-state index contributed by atoms with van der Waals surface area (Å²) in [4.78, 5) is 34.2. The Hall–Kier alpha value is -4.51. The molecule has 0 saturated heterocycles. The van der Waals surface area contributed by atoms with Crippen molar-refractivity contribution in [2.75, 3.05) is 11.1 Å². The zero-order chi connectivity index (χ0) is 34.1. The molecule has 11 heteroatoms. The van der Waals surface area contributed by atoms with E-state index in [0.29, 0.717) is 42.0 Å². The number of carbonyl (C=O) groups excluding carboxylic acids is 2. The number of rotatable bonds is 10. The summed E-state index contributed by atoms with van der Waals surface area (Å²) in [6.45, 7) is 1.96. The van der Waals surface area contributed by atoms with Crippen molar-refractivity contribution < 1.29 is 28.9 Å². The van der Waals surface area contributed by atoms with Crippen LogP contribution >= 0.6 is 11.8 Å². The summed E-state index contributed by atoms with van der Waals surface area (Å²) in [6.07, 6.45) is 5.93. The number of amidine groups is 1. The maximum atomic E-state index is 13.0. The molecule has 2 aliphatic rings. The van der Waals surface area contributed by atoms with Gasteiger partial charge in [0.1, 0.15) is 16.6 Å². The van der Waals surface area contributed by atoms with Crippen LogP contribution in [-0.2, 0) is 30.5 Å². The average molecular weight is 677 g/mol. The fourth-order valence-electron chi connectivity index (χ4n) is 5.87. The van der Waals surface area contributed by atoms with Gasteiger partial charge in [-0.2, -0.15) is 4.99 Å². The summed E-state index contributed by atoms with van der Waals surface area (Å²) < 4.78 is 40.9. The number of halogens is 3. The van der Waals surface area contributed by atoms with Gasteiger partial charge in [0.15, 0.2) is 5.84 Å². The Labute approximate surface area is 283 Å². The lowest BCUT2D eigenvalue weighted by atomic mass is 9.93. The Kier molecular flexibility index (Phi) is 11.6. The van der Waals surface area contributed by atoms with E-state index in [0.717, 1.165) is 54.4 Å². The molecule has 252 valence electrons. The number of alkyl halides is 3. The van der Waals surface area contributed by atoms with Crippen LogP contribution in [0.2, 0.25) is 0 Å². The summed E-state index contributed by atoms with van der Waals surface area (Å²) >= 11 is 1.27. The maximum Gasteiger partial charge on any atom is 0.573 e. The second-order valence-corrected chi connectivity index (χ2v) is 12.7. The van der Waals surface area contributed by atoms with E-state index in [1.165, 1.54) is 35.0 Å². The third kappa shape index (κ3) is 9.76. The van der Waals surface area contributed by atoms with Gasteiger partial charge < -0.3 is 10.1 Å². The van der Waals surface area contributed by atoms with E-state index in [1.807, 2.05) is 25.1 Å². The van der Waals surface area contributed by atoms with Crippen LogP contribution in [0.15, 0.2) is 76.7 Å². The first kappa shape index (κ1) is 34.8. The Morgan fingerprint density at radius 3 is 2.69 bits per heavy atom. The number of thioether (sulfide) groups is 1. The number of unbranched alkanes of at least 4 members (excludes halogenated alkanes) is 2. The van der Waals surface area contributed by atoms with Gasteiger partial charge in [0.25, 0.3) is 0 Å². The van der Waals surface area contributed by atoms with E-state index in [1.54, 1.807) is 30.5 Å². The summed E-state index contributed by atoms with van der Waals surface area (Å²) in [5, 5.41) is 11.8. The van der Waals surface area contributed by atoms with Gasteiger partial charge in [0, 0.05) is 25.3 Å². The van der Waals surface area contributed by atoms with Crippen molar-refractivity contribution in [2.45, 2.75) is 71.1 Å². The molecule has 3 aromatic carbocycles. The topological polar surface area (TPSA) is 104 Å². The van der Waals surface area contributed by atoms with Crippen LogP contribution in [0.1, 0.15) is 73.8 Å². The van der Waals surface area contributed by atoms with E-state index in [2.05, 4.69) is 32.2 Å². The summed E-state index contributed by atoms with van der Waals surface area (Å²) in [5.41, 5.74) is 7.58. The van der Waals surface area contributed by atoms with Gasteiger partial charge in [-0.05, 0) is 121 Å². The Morgan fingerprint density at radius 1 is 1.10 bits per heavy atom. The molecule has 3 aromatic rings. The predicted octanol–water partition coefficient (Wildman–Crippen LogP) is 9.41. The quantitative estimate of drug-likeness (QED) is 0.127. The molecule has 0 unspecified atom stereocenters. The van der Waals surface area contributed by atoms with Crippen LogP contribution in [-0.4, -0.2) is 41.0 Å². The fourth-order valence-corrected chi connectivity index (χ4v) is 6.65. The van der Waals surface area contributed by atoms with Crippen molar-refractivity contribution in [3.63, 3.8) is 0 Å². The number of ketones is 1. The van der Waals surface area contributed by atoms with E-state index >= 15 is 0 Å². The zero-order valence-corrected chi connectivity index (χ0v) is 27.5. The first-order valence-electron chi connectivity index (χ1n) is 16.0. The van der Waals surface area contributed by atoms with Crippen molar-refractivity contribution in [3.8, 4) is 5.75 Å². The molecule has 5 rings (SSSR count). The SMILES string of the molecule is CCc1cc(C(=N)N=CCCCCc2ccc(OC(F)(F)F)cc2)ccc1NC(=O)/N=C1/C=C(c2cccc3c2CCC3)CC(=O)CS1.[HH]. The van der Waals surface area contributed by atoms with Crippen molar-refractivity contribution in [1.82, 2.24) is 0 Å². The lowest BCUT2D eigenvalue weighted by molar-refractivity contribution is -0.274. The number of aryl methyl sites for hydroxylation is 3. The molecule has 0 radical (unpaired) electrons. The molecule has 0 bridgehead atoms. The second kappa shape index (κ2) is 16.1. The number of allylic oxidation sites excluding steroid dienone is 1. The fraction of sp³-hybridized carbons (Fsp3) is 0.324. The molecule has 0 spiro atoms. The van der Waals surface area contributed by atoms with Gasteiger partial charge >= 0.3 is 12.4 Å². The minimum atomic E-state index is -4.70. The molecule has 7 nitrogen and oxygen atoms in total. The van der Waals surface area contributed by atoms with Crippen LogP contribution < -0.4 is 10.1 Å². The Morgan fingerprint density at radius 2 is 1.92 bits per heavy atom. The number of fused-ring (bicyclic) bond motifs is 1. The molecule has 48 heavy (non-hydrogen) atoms. The molecule has 2 N–H and O–H groups in total. The molecule has 1 heterocycles. The first-order chi connectivity index (χ1) is 23.1. The van der Waals surface area contributed by atoms with Crippen molar-refractivity contribution >= 4 is 51.9 Å². The summed E-state index contributed by atoms with van der Waals surface area (Å²) in [5.74, 6) is 0.232. The Bertz CT molecular complexity index is 1770. The lowest BCUT2D eigenvalue weighted by Crippen LogP contribution is -2.17. The molecule has 0 aromatic heterocycles. The normalized spacial score (nSPS) is 15.7. The van der Waals surface area contributed by atoms with Crippen LogP contribution in [0.4, 0.5) is 23.7 Å². The number of ether oxygens (including phenoxy) is 1. The molecule has 0 saturated carbocycles. The smallest absolute Gasteiger partial charge is 0.406 e. The highest BCUT2D eigenvalue weighted by Gasteiger charge is 2.31. The van der Waals surface area contributed by atoms with Crippen molar-refractivity contribution in [1.29, 1.82) is 5.41 Å². The monoisotopic (exact) mass is 676 g/mol. The van der Waals surface area contributed by atoms with E-state index < -0.39 is 12.4 Å². The van der Waals surface area contributed by atoms with Crippen LogP contribution in [0.25, 0.3) is 5.57 Å². The second-order valence-electron chi connectivity index (χ2n) is 11.7. The highest BCUT2D eigenvalue weighted by molar-refractivity contribution is 8.14. The van der Waals surface area contributed by atoms with E-state index in [4.69, 9.17) is 5.41 Å². The third-order valence-corrected chi connectivity index (χ3v) is 9.17. The minimum Gasteiger partial charge on any atom is -0.406 e. The highest BCUT2D eigenvalue weighted by Crippen LogP contribution is 2.33. The van der Waals surface area contributed by atoms with Crippen LogP contribution in [0.5, 0.6) is 5.75 Å². The summed E-state index contributed by atoms with van der Waals surface area (Å²) in [7, 11) is 0. The minimum absolute atomic E-state index is 0. The number of nitrogens with one attached hydrogen (secondary N) is 2. The van der Waals surface area contributed by atoms with E-state index in [-0.39, 0.29) is 24.5 Å². The van der Waals surface area contributed by atoms with Gasteiger partial charge in [-0.25, -0.2) is 9.79 Å². The number of nitrogens with zero attached hydrogens (tertiary/aromatic N) is 2. The molecule has 1 aliphatic carbocycles. The number of hydrogen-bond donors (Lipinski definition) is 2. The number of amides is 2. The molecule has 0 fully saturated rings. The number of aliphatic imine (C=N–C) groups is 2. The predicted molar refractivity (Wildman–Crippen MR) is 189 cm³/mol. The standard InChI is InChI=1S/C37H37F3N4O3S.H2/c1-2-25-20-27(35(41)42-19-5-3-4-8-24-13-16-30(17-14-24)47-37(38,39)40)15-18-33(25)43-36(46)44-34-22-28(21-29(45)23-48-34)32-12-7-10-26-9-6-11-31(26)32;/h7,10,12-20,22,41H,2-6,8-9,11,21,23H2,1H3,(H,43,46);1H/b41-35?,42-19?,44-34-;. The largest absolute Gasteiger partial charge is 0.573 e. The van der Waals surface area contributed by atoms with Crippen molar-refractivity contribution in [2.24, 2.45) is 9.98 Å². The molecule has 0 atom stereocenters. The number of anilines is 1. The van der Waals surface area contributed by atoms with Gasteiger partial charge in [0.05, 0.1) is 5.75 Å². The number of Topliss-reactive ketones (excluding diaryl/α,β-unsaturated/α-hetero) is 1. The number of benzene rings is 3. The first-order valence-corrected chi connectivity index (χ1v) is 17.0.